The third kappa shape index (κ3) is 12.9. The smallest absolute Gasteiger partial charge is 0.218 e. The number of rotatable bonds is 17. The SMILES string of the molecule is CCCCCCCCCCCCCC(CC(N)=O)NCc1ccccc1. The number of primary amides is 1. The first-order valence-corrected chi connectivity index (χ1v) is 10.8. The van der Waals surface area contributed by atoms with Crippen LogP contribution in [0.4, 0.5) is 0 Å². The van der Waals surface area contributed by atoms with Gasteiger partial charge in [0, 0.05) is 19.0 Å². The highest BCUT2D eigenvalue weighted by Gasteiger charge is 2.11. The van der Waals surface area contributed by atoms with E-state index in [0.29, 0.717) is 6.42 Å². The highest BCUT2D eigenvalue weighted by Crippen LogP contribution is 2.13. The zero-order valence-corrected chi connectivity index (χ0v) is 16.8. The van der Waals surface area contributed by atoms with E-state index in [0.717, 1.165) is 13.0 Å². The number of amides is 1. The Morgan fingerprint density at radius 2 is 1.42 bits per heavy atom. The number of hydrogen-bond acceptors (Lipinski definition) is 2. The van der Waals surface area contributed by atoms with Crippen LogP contribution in [0.3, 0.4) is 0 Å². The molecular weight excluding hydrogens is 320 g/mol. The first-order chi connectivity index (χ1) is 12.7. The summed E-state index contributed by atoms with van der Waals surface area (Å²) in [7, 11) is 0. The lowest BCUT2D eigenvalue weighted by atomic mass is 10.0. The average molecular weight is 361 g/mol. The zero-order chi connectivity index (χ0) is 18.9. The summed E-state index contributed by atoms with van der Waals surface area (Å²) in [5.41, 5.74) is 6.66. The van der Waals surface area contributed by atoms with Gasteiger partial charge in [-0.1, -0.05) is 108 Å². The van der Waals surface area contributed by atoms with E-state index in [9.17, 15) is 4.79 Å². The number of benzene rings is 1. The molecule has 1 unspecified atom stereocenters. The monoisotopic (exact) mass is 360 g/mol. The molecule has 26 heavy (non-hydrogen) atoms. The zero-order valence-electron chi connectivity index (χ0n) is 16.8. The Balaban J connectivity index is 2.05. The third-order valence-electron chi connectivity index (χ3n) is 5.04. The molecule has 0 fully saturated rings. The van der Waals surface area contributed by atoms with Gasteiger partial charge >= 0.3 is 0 Å². The molecule has 1 atom stereocenters. The van der Waals surface area contributed by atoms with Crippen LogP contribution in [0, 0.1) is 0 Å². The Morgan fingerprint density at radius 3 is 1.96 bits per heavy atom. The molecule has 0 saturated heterocycles. The van der Waals surface area contributed by atoms with Crippen LogP contribution in [0.25, 0.3) is 0 Å². The molecule has 0 aliphatic heterocycles. The molecule has 0 spiro atoms. The molecule has 3 nitrogen and oxygen atoms in total. The molecule has 0 radical (unpaired) electrons. The maximum Gasteiger partial charge on any atom is 0.218 e. The molecule has 0 saturated carbocycles. The molecule has 0 aliphatic carbocycles. The van der Waals surface area contributed by atoms with Crippen molar-refractivity contribution in [3.8, 4) is 0 Å². The fraction of sp³-hybridized carbons (Fsp3) is 0.696. The maximum atomic E-state index is 11.3. The summed E-state index contributed by atoms with van der Waals surface area (Å²) in [6.45, 7) is 3.07. The van der Waals surface area contributed by atoms with E-state index in [1.165, 1.54) is 76.2 Å². The molecule has 0 bridgehead atoms. The van der Waals surface area contributed by atoms with Crippen molar-refractivity contribution in [1.82, 2.24) is 5.32 Å². The quantitative estimate of drug-likeness (QED) is 0.349. The van der Waals surface area contributed by atoms with Gasteiger partial charge < -0.3 is 11.1 Å². The maximum absolute atomic E-state index is 11.3. The first-order valence-electron chi connectivity index (χ1n) is 10.8. The lowest BCUT2D eigenvalue weighted by Gasteiger charge is -2.17. The number of nitrogens with one attached hydrogen (secondary N) is 1. The van der Waals surface area contributed by atoms with Crippen molar-refractivity contribution >= 4 is 5.91 Å². The second-order valence-corrected chi connectivity index (χ2v) is 7.56. The van der Waals surface area contributed by atoms with Gasteiger partial charge in [-0.2, -0.15) is 0 Å². The van der Waals surface area contributed by atoms with Gasteiger partial charge in [0.15, 0.2) is 0 Å². The standard InChI is InChI=1S/C23H40N2O/c1-2-3-4-5-6-7-8-9-10-11-15-18-22(19-23(24)26)25-20-21-16-13-12-14-17-21/h12-14,16-17,22,25H,2-11,15,18-20H2,1H3,(H2,24,26). The van der Waals surface area contributed by atoms with Gasteiger partial charge in [-0.25, -0.2) is 0 Å². The van der Waals surface area contributed by atoms with Gasteiger partial charge in [0.25, 0.3) is 0 Å². The summed E-state index contributed by atoms with van der Waals surface area (Å²) in [6, 6.07) is 10.5. The van der Waals surface area contributed by atoms with E-state index in [4.69, 9.17) is 5.73 Å². The van der Waals surface area contributed by atoms with E-state index >= 15 is 0 Å². The summed E-state index contributed by atoms with van der Waals surface area (Å²) in [5, 5.41) is 3.50. The van der Waals surface area contributed by atoms with Crippen LogP contribution >= 0.6 is 0 Å². The second-order valence-electron chi connectivity index (χ2n) is 7.56. The van der Waals surface area contributed by atoms with Crippen molar-refractivity contribution in [2.45, 2.75) is 103 Å². The lowest BCUT2D eigenvalue weighted by Crippen LogP contribution is -2.33. The summed E-state index contributed by atoms with van der Waals surface area (Å²) < 4.78 is 0. The molecule has 0 heterocycles. The molecule has 3 heteroatoms. The number of unbranched alkanes of at least 4 members (excludes halogenated alkanes) is 10. The minimum absolute atomic E-state index is 0.200. The minimum Gasteiger partial charge on any atom is -0.370 e. The summed E-state index contributed by atoms with van der Waals surface area (Å²) in [4.78, 5) is 11.3. The minimum atomic E-state index is -0.210. The third-order valence-corrected chi connectivity index (χ3v) is 5.04. The molecule has 148 valence electrons. The van der Waals surface area contributed by atoms with Gasteiger partial charge in [-0.05, 0) is 12.0 Å². The molecule has 1 rings (SSSR count). The van der Waals surface area contributed by atoms with E-state index < -0.39 is 0 Å². The molecule has 0 aliphatic rings. The van der Waals surface area contributed by atoms with Gasteiger partial charge in [0.1, 0.15) is 0 Å². The van der Waals surface area contributed by atoms with Gasteiger partial charge in [0.05, 0.1) is 0 Å². The molecule has 3 N–H and O–H groups in total. The number of nitrogens with two attached hydrogens (primary N) is 1. The largest absolute Gasteiger partial charge is 0.370 e. The number of hydrogen-bond donors (Lipinski definition) is 2. The fourth-order valence-corrected chi connectivity index (χ4v) is 3.43. The average Bonchev–Trinajstić information content (AvgIpc) is 2.64. The Labute approximate surface area is 161 Å². The van der Waals surface area contributed by atoms with Crippen LogP contribution in [0.2, 0.25) is 0 Å². The Hall–Kier alpha value is -1.35. The van der Waals surface area contributed by atoms with Gasteiger partial charge in [-0.15, -0.1) is 0 Å². The molecule has 0 aromatic heterocycles. The van der Waals surface area contributed by atoms with Crippen molar-refractivity contribution in [2.75, 3.05) is 0 Å². The van der Waals surface area contributed by atoms with Crippen molar-refractivity contribution in [1.29, 1.82) is 0 Å². The summed E-state index contributed by atoms with van der Waals surface area (Å²) >= 11 is 0. The predicted octanol–water partition coefficient (Wildman–Crippen LogP) is 5.72. The van der Waals surface area contributed by atoms with Crippen molar-refractivity contribution in [3.63, 3.8) is 0 Å². The van der Waals surface area contributed by atoms with Gasteiger partial charge in [-0.3, -0.25) is 4.79 Å². The summed E-state index contributed by atoms with van der Waals surface area (Å²) in [6.07, 6.45) is 16.3. The van der Waals surface area contributed by atoms with Crippen LogP contribution in [0.5, 0.6) is 0 Å². The topological polar surface area (TPSA) is 55.1 Å². The van der Waals surface area contributed by atoms with Crippen LogP contribution in [0.1, 0.15) is 96.0 Å². The fourth-order valence-electron chi connectivity index (χ4n) is 3.43. The second kappa shape index (κ2) is 15.9. The van der Waals surface area contributed by atoms with Crippen LogP contribution in [0.15, 0.2) is 30.3 Å². The first kappa shape index (κ1) is 22.7. The van der Waals surface area contributed by atoms with Crippen molar-refractivity contribution in [2.24, 2.45) is 5.73 Å². The molecule has 1 amide bonds. The van der Waals surface area contributed by atoms with Crippen LogP contribution in [-0.2, 0) is 11.3 Å². The van der Waals surface area contributed by atoms with Crippen LogP contribution in [-0.4, -0.2) is 11.9 Å². The normalized spacial score (nSPS) is 12.2. The Bertz CT molecular complexity index is 447. The van der Waals surface area contributed by atoms with E-state index in [1.54, 1.807) is 0 Å². The van der Waals surface area contributed by atoms with Crippen molar-refractivity contribution < 1.29 is 4.79 Å². The highest BCUT2D eigenvalue weighted by molar-refractivity contribution is 5.74. The highest BCUT2D eigenvalue weighted by atomic mass is 16.1. The van der Waals surface area contributed by atoms with Crippen LogP contribution < -0.4 is 11.1 Å². The summed E-state index contributed by atoms with van der Waals surface area (Å²) in [5.74, 6) is -0.210. The lowest BCUT2D eigenvalue weighted by molar-refractivity contribution is -0.118. The number of carbonyl (C=O) groups is 1. The van der Waals surface area contributed by atoms with E-state index in [1.807, 2.05) is 18.2 Å². The van der Waals surface area contributed by atoms with E-state index in [2.05, 4.69) is 24.4 Å². The van der Waals surface area contributed by atoms with Crippen molar-refractivity contribution in [3.05, 3.63) is 35.9 Å². The van der Waals surface area contributed by atoms with Gasteiger partial charge in [0.2, 0.25) is 5.91 Å². The molecule has 1 aromatic rings. The Kier molecular flexibility index (Phi) is 13.8. The molecular formula is C23H40N2O. The van der Waals surface area contributed by atoms with E-state index in [-0.39, 0.29) is 11.9 Å². The predicted molar refractivity (Wildman–Crippen MR) is 112 cm³/mol. The molecule has 1 aromatic carbocycles. The number of carbonyl (C=O) groups excluding carboxylic acids is 1. The Morgan fingerprint density at radius 1 is 0.885 bits per heavy atom.